The summed E-state index contributed by atoms with van der Waals surface area (Å²) in [5.41, 5.74) is 10.4. The first-order valence-corrected chi connectivity index (χ1v) is 9.54. The number of anilines is 2. The van der Waals surface area contributed by atoms with Gasteiger partial charge in [-0.05, 0) is 43.3 Å². The molecule has 0 aliphatic rings. The Hall–Kier alpha value is -2.89. The van der Waals surface area contributed by atoms with Gasteiger partial charge in [0.1, 0.15) is 9.71 Å². The van der Waals surface area contributed by atoms with Gasteiger partial charge in [0, 0.05) is 21.7 Å². The van der Waals surface area contributed by atoms with Gasteiger partial charge < -0.3 is 11.1 Å². The minimum Gasteiger partial charge on any atom is -0.397 e. The molecule has 0 radical (unpaired) electrons. The zero-order chi connectivity index (χ0) is 19.0. The Morgan fingerprint density at radius 1 is 1.04 bits per heavy atom. The quantitative estimate of drug-likeness (QED) is 0.465. The van der Waals surface area contributed by atoms with Crippen LogP contribution in [0.2, 0.25) is 5.02 Å². The number of benzene rings is 2. The van der Waals surface area contributed by atoms with E-state index in [1.54, 1.807) is 24.3 Å². The number of pyridine rings is 1. The van der Waals surface area contributed by atoms with Gasteiger partial charge in [-0.3, -0.25) is 4.79 Å². The number of nitrogens with one attached hydrogen (secondary N) is 1. The van der Waals surface area contributed by atoms with Crippen LogP contribution < -0.4 is 11.1 Å². The first kappa shape index (κ1) is 17.5. The van der Waals surface area contributed by atoms with E-state index >= 15 is 0 Å². The van der Waals surface area contributed by atoms with Gasteiger partial charge in [-0.1, -0.05) is 41.4 Å². The molecule has 2 heterocycles. The summed E-state index contributed by atoms with van der Waals surface area (Å²) in [4.78, 5) is 18.5. The number of nitrogen functional groups attached to an aromatic ring is 1. The fourth-order valence-corrected chi connectivity index (χ4v) is 3.89. The van der Waals surface area contributed by atoms with E-state index < -0.39 is 0 Å². The van der Waals surface area contributed by atoms with Crippen molar-refractivity contribution in [1.29, 1.82) is 0 Å². The second-order valence-corrected chi connectivity index (χ2v) is 7.66. The van der Waals surface area contributed by atoms with Crippen LogP contribution in [0.15, 0.2) is 60.7 Å². The molecule has 0 bridgehead atoms. The van der Waals surface area contributed by atoms with Crippen LogP contribution in [-0.4, -0.2) is 10.9 Å². The van der Waals surface area contributed by atoms with Crippen LogP contribution in [0.5, 0.6) is 0 Å². The number of fused-ring (bicyclic) bond motifs is 1. The molecular weight excluding hydrogens is 378 g/mol. The molecule has 2 aromatic carbocycles. The van der Waals surface area contributed by atoms with Crippen molar-refractivity contribution in [3.8, 4) is 11.3 Å². The summed E-state index contributed by atoms with van der Waals surface area (Å²) in [7, 11) is 0. The van der Waals surface area contributed by atoms with Gasteiger partial charge in [-0.25, -0.2) is 4.98 Å². The van der Waals surface area contributed by atoms with E-state index in [0.29, 0.717) is 21.3 Å². The fraction of sp³-hybridized carbons (Fsp3) is 0.0476. The molecule has 0 aliphatic carbocycles. The highest BCUT2D eigenvalue weighted by atomic mass is 35.5. The summed E-state index contributed by atoms with van der Waals surface area (Å²) in [6.07, 6.45) is 0. The lowest BCUT2D eigenvalue weighted by molar-refractivity contribution is 0.103. The second kappa shape index (κ2) is 7.02. The molecule has 0 fully saturated rings. The molecule has 4 aromatic rings. The number of carbonyl (C=O) groups is 1. The number of rotatable bonds is 3. The third kappa shape index (κ3) is 3.52. The number of nitrogens with zero attached hydrogens (tertiary/aromatic N) is 1. The SMILES string of the molecule is Cc1ccc(-c2ccc3c(N)c(C(=O)Nc4ccc(Cl)cc4)sc3n2)cc1. The van der Waals surface area contributed by atoms with E-state index in [2.05, 4.69) is 17.4 Å². The summed E-state index contributed by atoms with van der Waals surface area (Å²) in [6.45, 7) is 2.05. The predicted molar refractivity (Wildman–Crippen MR) is 114 cm³/mol. The Morgan fingerprint density at radius 3 is 2.44 bits per heavy atom. The van der Waals surface area contributed by atoms with Gasteiger partial charge in [-0.15, -0.1) is 11.3 Å². The number of nitrogens with two attached hydrogens (primary N) is 1. The summed E-state index contributed by atoms with van der Waals surface area (Å²) < 4.78 is 0. The van der Waals surface area contributed by atoms with E-state index in [4.69, 9.17) is 22.3 Å². The average molecular weight is 394 g/mol. The van der Waals surface area contributed by atoms with Crippen LogP contribution in [0, 0.1) is 6.92 Å². The van der Waals surface area contributed by atoms with E-state index in [9.17, 15) is 4.79 Å². The fourth-order valence-electron chi connectivity index (χ4n) is 2.77. The van der Waals surface area contributed by atoms with Crippen molar-refractivity contribution in [3.63, 3.8) is 0 Å². The third-order valence-electron chi connectivity index (χ3n) is 4.25. The second-order valence-electron chi connectivity index (χ2n) is 6.22. The Morgan fingerprint density at radius 2 is 1.74 bits per heavy atom. The number of hydrogen-bond donors (Lipinski definition) is 2. The summed E-state index contributed by atoms with van der Waals surface area (Å²) in [6, 6.07) is 19.0. The van der Waals surface area contributed by atoms with Crippen LogP contribution in [0.3, 0.4) is 0 Å². The summed E-state index contributed by atoms with van der Waals surface area (Å²) in [5.74, 6) is -0.255. The molecule has 0 aliphatic heterocycles. The van der Waals surface area contributed by atoms with Crippen LogP contribution in [0.1, 0.15) is 15.2 Å². The van der Waals surface area contributed by atoms with Gasteiger partial charge in [0.05, 0.1) is 11.4 Å². The van der Waals surface area contributed by atoms with E-state index in [1.807, 2.05) is 31.2 Å². The van der Waals surface area contributed by atoms with Crippen LogP contribution in [-0.2, 0) is 0 Å². The lowest BCUT2D eigenvalue weighted by Gasteiger charge is -2.04. The topological polar surface area (TPSA) is 68.0 Å². The minimum absolute atomic E-state index is 0.255. The van der Waals surface area contributed by atoms with Crippen molar-refractivity contribution in [1.82, 2.24) is 4.98 Å². The van der Waals surface area contributed by atoms with Gasteiger partial charge in [0.2, 0.25) is 0 Å². The Bertz CT molecular complexity index is 1130. The molecule has 0 spiro atoms. The number of aromatic nitrogens is 1. The largest absolute Gasteiger partial charge is 0.397 e. The number of hydrogen-bond acceptors (Lipinski definition) is 4. The first-order valence-electron chi connectivity index (χ1n) is 8.34. The van der Waals surface area contributed by atoms with Gasteiger partial charge >= 0.3 is 0 Å². The van der Waals surface area contributed by atoms with Gasteiger partial charge in [-0.2, -0.15) is 0 Å². The van der Waals surface area contributed by atoms with Crippen LogP contribution >= 0.6 is 22.9 Å². The van der Waals surface area contributed by atoms with Crippen LogP contribution in [0.4, 0.5) is 11.4 Å². The molecule has 4 rings (SSSR count). The molecule has 0 saturated heterocycles. The molecule has 0 saturated carbocycles. The number of halogens is 1. The number of aryl methyl sites for hydroxylation is 1. The maximum absolute atomic E-state index is 12.6. The predicted octanol–water partition coefficient (Wildman–Crippen LogP) is 5.76. The molecule has 3 N–H and O–H groups in total. The smallest absolute Gasteiger partial charge is 0.267 e. The standard InChI is InChI=1S/C21H16ClN3OS/c1-12-2-4-13(5-3-12)17-11-10-16-18(23)19(27-21(16)25-17)20(26)24-15-8-6-14(22)7-9-15/h2-11H,23H2,1H3,(H,24,26). The van der Waals surface area contributed by atoms with Gasteiger partial charge in [0.15, 0.2) is 0 Å². The molecular formula is C21H16ClN3OS. The highest BCUT2D eigenvalue weighted by Gasteiger charge is 2.18. The van der Waals surface area contributed by atoms with Gasteiger partial charge in [0.25, 0.3) is 5.91 Å². The monoisotopic (exact) mass is 393 g/mol. The lowest BCUT2D eigenvalue weighted by atomic mass is 10.1. The highest BCUT2D eigenvalue weighted by Crippen LogP contribution is 2.34. The number of carbonyl (C=O) groups excluding carboxylic acids is 1. The average Bonchev–Trinajstić information content (AvgIpc) is 3.00. The minimum atomic E-state index is -0.255. The molecule has 0 unspecified atom stereocenters. The first-order chi connectivity index (χ1) is 13.0. The zero-order valence-corrected chi connectivity index (χ0v) is 16.1. The molecule has 4 nitrogen and oxygen atoms in total. The number of amides is 1. The Labute approximate surface area is 165 Å². The van der Waals surface area contributed by atoms with Crippen molar-refractivity contribution in [3.05, 3.63) is 76.1 Å². The lowest BCUT2D eigenvalue weighted by Crippen LogP contribution is -2.11. The maximum Gasteiger partial charge on any atom is 0.267 e. The van der Waals surface area contributed by atoms with Crippen LogP contribution in [0.25, 0.3) is 21.5 Å². The maximum atomic E-state index is 12.6. The van der Waals surface area contributed by atoms with Crippen molar-refractivity contribution < 1.29 is 4.79 Å². The molecule has 134 valence electrons. The Kier molecular flexibility index (Phi) is 4.56. The Balaban J connectivity index is 1.67. The highest BCUT2D eigenvalue weighted by molar-refractivity contribution is 7.21. The molecule has 27 heavy (non-hydrogen) atoms. The van der Waals surface area contributed by atoms with Crippen molar-refractivity contribution in [2.24, 2.45) is 0 Å². The molecule has 6 heteroatoms. The zero-order valence-electron chi connectivity index (χ0n) is 14.5. The van der Waals surface area contributed by atoms with Crippen molar-refractivity contribution in [2.45, 2.75) is 6.92 Å². The van der Waals surface area contributed by atoms with Crippen molar-refractivity contribution in [2.75, 3.05) is 11.1 Å². The third-order valence-corrected chi connectivity index (χ3v) is 5.62. The van der Waals surface area contributed by atoms with Crippen molar-refractivity contribution >= 4 is 50.4 Å². The number of thiophene rings is 1. The summed E-state index contributed by atoms with van der Waals surface area (Å²) >= 11 is 7.17. The summed E-state index contributed by atoms with van der Waals surface area (Å²) in [5, 5.41) is 4.25. The van der Waals surface area contributed by atoms with E-state index in [1.165, 1.54) is 16.9 Å². The molecule has 1 amide bonds. The van der Waals surface area contributed by atoms with E-state index in [0.717, 1.165) is 21.5 Å². The molecule has 0 atom stereocenters. The van der Waals surface area contributed by atoms with E-state index in [-0.39, 0.29) is 5.91 Å². The molecule has 2 aromatic heterocycles. The normalized spacial score (nSPS) is 10.9.